The fraction of sp³-hybridized carbons (Fsp3) is 0.333. The third-order valence-corrected chi connectivity index (χ3v) is 7.24. The van der Waals surface area contributed by atoms with E-state index < -0.39 is 34.1 Å². The smallest absolute Gasteiger partial charge is 0.244 e. The zero-order valence-electron chi connectivity index (χ0n) is 21.2. The van der Waals surface area contributed by atoms with Crippen LogP contribution in [-0.4, -0.2) is 49.5 Å². The van der Waals surface area contributed by atoms with Crippen LogP contribution in [0.3, 0.4) is 0 Å². The first-order chi connectivity index (χ1) is 16.8. The molecule has 2 amide bonds. The average molecular weight is 575 g/mol. The standard InChI is InChI=1S/C27H32BrN3O4S/c1-19(26(33)29-27(2,3)4)30(17-20-10-8-13-22(28)16-20)25(32)18-31(36(5,34)35)24-15-9-12-21-11-6-7-14-23(21)24/h6-16,19H,17-18H2,1-5H3,(H,29,33)/t19-/m1/s1. The molecule has 0 spiro atoms. The molecule has 0 unspecified atom stereocenters. The van der Waals surface area contributed by atoms with Crippen LogP contribution in [0.5, 0.6) is 0 Å². The molecule has 0 fully saturated rings. The van der Waals surface area contributed by atoms with Crippen LogP contribution >= 0.6 is 15.9 Å². The molecule has 0 saturated heterocycles. The molecule has 1 N–H and O–H groups in total. The summed E-state index contributed by atoms with van der Waals surface area (Å²) >= 11 is 3.44. The number of carbonyl (C=O) groups excluding carboxylic acids is 2. The van der Waals surface area contributed by atoms with E-state index >= 15 is 0 Å². The van der Waals surface area contributed by atoms with Gasteiger partial charge in [0.1, 0.15) is 12.6 Å². The van der Waals surface area contributed by atoms with Crippen LogP contribution in [-0.2, 0) is 26.2 Å². The summed E-state index contributed by atoms with van der Waals surface area (Å²) < 4.78 is 27.7. The van der Waals surface area contributed by atoms with Gasteiger partial charge in [0, 0.05) is 21.9 Å². The molecule has 9 heteroatoms. The highest BCUT2D eigenvalue weighted by molar-refractivity contribution is 9.10. The van der Waals surface area contributed by atoms with Gasteiger partial charge in [-0.25, -0.2) is 8.42 Å². The van der Waals surface area contributed by atoms with E-state index in [4.69, 9.17) is 0 Å². The number of carbonyl (C=O) groups is 2. The molecule has 0 bridgehead atoms. The summed E-state index contributed by atoms with van der Waals surface area (Å²) in [5, 5.41) is 4.50. The highest BCUT2D eigenvalue weighted by atomic mass is 79.9. The van der Waals surface area contributed by atoms with Crippen LogP contribution in [0.15, 0.2) is 71.2 Å². The van der Waals surface area contributed by atoms with E-state index in [2.05, 4.69) is 21.2 Å². The number of amides is 2. The third-order valence-electron chi connectivity index (χ3n) is 5.62. The van der Waals surface area contributed by atoms with Crippen LogP contribution in [0.2, 0.25) is 0 Å². The minimum atomic E-state index is -3.81. The summed E-state index contributed by atoms with van der Waals surface area (Å²) in [6, 6.07) is 19.4. The molecule has 3 rings (SSSR count). The number of hydrogen-bond donors (Lipinski definition) is 1. The number of anilines is 1. The van der Waals surface area contributed by atoms with Gasteiger partial charge in [-0.3, -0.25) is 13.9 Å². The van der Waals surface area contributed by atoms with Gasteiger partial charge in [0.25, 0.3) is 0 Å². The SMILES string of the molecule is C[C@H](C(=O)NC(C)(C)C)N(Cc1cccc(Br)c1)C(=O)CN(c1cccc2ccccc12)S(C)(=O)=O. The lowest BCUT2D eigenvalue weighted by molar-refractivity contribution is -0.140. The quantitative estimate of drug-likeness (QED) is 0.423. The molecule has 3 aromatic carbocycles. The lowest BCUT2D eigenvalue weighted by Gasteiger charge is -2.33. The summed E-state index contributed by atoms with van der Waals surface area (Å²) in [6.07, 6.45) is 1.08. The Hall–Kier alpha value is -2.91. The first kappa shape index (κ1) is 27.7. The first-order valence-electron chi connectivity index (χ1n) is 11.6. The molecule has 0 aliphatic rings. The van der Waals surface area contributed by atoms with E-state index in [1.807, 2.05) is 75.4 Å². The fourth-order valence-electron chi connectivity index (χ4n) is 3.91. The Kier molecular flexibility index (Phi) is 8.46. The average Bonchev–Trinajstić information content (AvgIpc) is 2.78. The van der Waals surface area contributed by atoms with Crippen molar-refractivity contribution in [3.05, 3.63) is 76.8 Å². The minimum Gasteiger partial charge on any atom is -0.350 e. The minimum absolute atomic E-state index is 0.143. The fourth-order valence-corrected chi connectivity index (χ4v) is 5.22. The summed E-state index contributed by atoms with van der Waals surface area (Å²) in [6.45, 7) is 6.95. The van der Waals surface area contributed by atoms with Gasteiger partial charge in [-0.2, -0.15) is 0 Å². The van der Waals surface area contributed by atoms with Gasteiger partial charge >= 0.3 is 0 Å². The number of benzene rings is 3. The van der Waals surface area contributed by atoms with E-state index in [1.165, 1.54) is 4.90 Å². The molecule has 192 valence electrons. The maximum absolute atomic E-state index is 13.7. The molecular weight excluding hydrogens is 542 g/mol. The van der Waals surface area contributed by atoms with Gasteiger partial charge < -0.3 is 10.2 Å². The molecule has 0 saturated carbocycles. The summed E-state index contributed by atoms with van der Waals surface area (Å²) in [5.41, 5.74) is 0.736. The van der Waals surface area contributed by atoms with Gasteiger partial charge in [-0.05, 0) is 56.8 Å². The predicted molar refractivity (Wildman–Crippen MR) is 148 cm³/mol. The zero-order chi connectivity index (χ0) is 26.7. The van der Waals surface area contributed by atoms with Crippen LogP contribution in [0.25, 0.3) is 10.8 Å². The number of nitrogens with one attached hydrogen (secondary N) is 1. The van der Waals surface area contributed by atoms with Gasteiger partial charge in [0.2, 0.25) is 21.8 Å². The lowest BCUT2D eigenvalue weighted by Crippen LogP contribution is -2.54. The normalized spacial score (nSPS) is 12.7. The molecule has 0 heterocycles. The summed E-state index contributed by atoms with van der Waals surface area (Å²) in [4.78, 5) is 28.2. The lowest BCUT2D eigenvalue weighted by atomic mass is 10.1. The van der Waals surface area contributed by atoms with Crippen LogP contribution in [0.4, 0.5) is 5.69 Å². The highest BCUT2D eigenvalue weighted by Gasteiger charge is 2.31. The molecule has 7 nitrogen and oxygen atoms in total. The Labute approximate surface area is 221 Å². The van der Waals surface area contributed by atoms with Gasteiger partial charge in [-0.1, -0.05) is 64.5 Å². The largest absolute Gasteiger partial charge is 0.350 e. The maximum atomic E-state index is 13.7. The van der Waals surface area contributed by atoms with Gasteiger partial charge in [0.05, 0.1) is 11.9 Å². The topological polar surface area (TPSA) is 86.8 Å². The number of halogens is 1. The molecule has 36 heavy (non-hydrogen) atoms. The van der Waals surface area contributed by atoms with Crippen molar-refractivity contribution in [2.24, 2.45) is 0 Å². The Morgan fingerprint density at radius 2 is 1.64 bits per heavy atom. The van der Waals surface area contributed by atoms with E-state index in [0.29, 0.717) is 5.69 Å². The van der Waals surface area contributed by atoms with Crippen molar-refractivity contribution in [1.29, 1.82) is 0 Å². The second kappa shape index (κ2) is 11.0. The van der Waals surface area contributed by atoms with Crippen molar-refractivity contribution < 1.29 is 18.0 Å². The molecule has 0 aliphatic carbocycles. The van der Waals surface area contributed by atoms with E-state index in [1.54, 1.807) is 19.1 Å². The van der Waals surface area contributed by atoms with Crippen LogP contribution in [0.1, 0.15) is 33.3 Å². The predicted octanol–water partition coefficient (Wildman–Crippen LogP) is 4.70. The van der Waals surface area contributed by atoms with Crippen LogP contribution in [0, 0.1) is 0 Å². The third kappa shape index (κ3) is 7.07. The Morgan fingerprint density at radius 1 is 1.00 bits per heavy atom. The second-order valence-electron chi connectivity index (χ2n) is 9.83. The zero-order valence-corrected chi connectivity index (χ0v) is 23.6. The van der Waals surface area contributed by atoms with E-state index in [-0.39, 0.29) is 12.5 Å². The number of rotatable bonds is 8. The van der Waals surface area contributed by atoms with Crippen molar-refractivity contribution >= 4 is 54.2 Å². The van der Waals surface area contributed by atoms with Crippen molar-refractivity contribution in [3.63, 3.8) is 0 Å². The molecule has 1 atom stereocenters. The Balaban J connectivity index is 2.00. The van der Waals surface area contributed by atoms with Gasteiger partial charge in [0.15, 0.2) is 0 Å². The van der Waals surface area contributed by atoms with Crippen LogP contribution < -0.4 is 9.62 Å². The number of hydrogen-bond acceptors (Lipinski definition) is 4. The number of fused-ring (bicyclic) bond motifs is 1. The monoisotopic (exact) mass is 573 g/mol. The molecule has 0 radical (unpaired) electrons. The second-order valence-corrected chi connectivity index (χ2v) is 12.7. The van der Waals surface area contributed by atoms with Crippen molar-refractivity contribution in [3.8, 4) is 0 Å². The van der Waals surface area contributed by atoms with Crippen molar-refractivity contribution in [1.82, 2.24) is 10.2 Å². The molecule has 3 aromatic rings. The van der Waals surface area contributed by atoms with E-state index in [9.17, 15) is 18.0 Å². The highest BCUT2D eigenvalue weighted by Crippen LogP contribution is 2.29. The van der Waals surface area contributed by atoms with Crippen molar-refractivity contribution in [2.45, 2.75) is 45.8 Å². The Bertz CT molecular complexity index is 1360. The van der Waals surface area contributed by atoms with E-state index in [0.717, 1.165) is 31.4 Å². The number of nitrogens with zero attached hydrogens (tertiary/aromatic N) is 2. The molecule has 0 aliphatic heterocycles. The maximum Gasteiger partial charge on any atom is 0.244 e. The Morgan fingerprint density at radius 3 is 2.28 bits per heavy atom. The van der Waals surface area contributed by atoms with Crippen molar-refractivity contribution in [2.75, 3.05) is 17.1 Å². The van der Waals surface area contributed by atoms with Gasteiger partial charge in [-0.15, -0.1) is 0 Å². The molecule has 0 aromatic heterocycles. The molecular formula is C27H32BrN3O4S. The number of sulfonamides is 1. The summed E-state index contributed by atoms with van der Waals surface area (Å²) in [7, 11) is -3.81. The summed E-state index contributed by atoms with van der Waals surface area (Å²) in [5.74, 6) is -0.799. The first-order valence-corrected chi connectivity index (χ1v) is 14.2.